The van der Waals surface area contributed by atoms with Crippen molar-refractivity contribution < 1.29 is 13.2 Å². The molecular formula is C22H27F3N2. The highest BCUT2D eigenvalue weighted by molar-refractivity contribution is 5.52. The fourth-order valence-electron chi connectivity index (χ4n) is 2.85. The summed E-state index contributed by atoms with van der Waals surface area (Å²) in [5.74, 6) is 0. The predicted molar refractivity (Wildman–Crippen MR) is 106 cm³/mol. The Morgan fingerprint density at radius 2 is 1.96 bits per heavy atom. The van der Waals surface area contributed by atoms with Gasteiger partial charge in [0.15, 0.2) is 0 Å². The van der Waals surface area contributed by atoms with Gasteiger partial charge in [-0.1, -0.05) is 48.6 Å². The van der Waals surface area contributed by atoms with Crippen LogP contribution in [0.3, 0.4) is 0 Å². The van der Waals surface area contributed by atoms with Crippen molar-refractivity contribution in [2.24, 2.45) is 0 Å². The van der Waals surface area contributed by atoms with Crippen LogP contribution in [-0.4, -0.2) is 31.6 Å². The normalized spacial score (nSPS) is 15.9. The first kappa shape index (κ1) is 21.0. The molecule has 0 heterocycles. The first-order chi connectivity index (χ1) is 12.8. The van der Waals surface area contributed by atoms with E-state index in [1.165, 1.54) is 17.7 Å². The number of hydrogen-bond donors (Lipinski definition) is 1. The summed E-state index contributed by atoms with van der Waals surface area (Å²) in [5.41, 5.74) is 2.25. The van der Waals surface area contributed by atoms with Crippen LogP contribution in [0.15, 0.2) is 66.4 Å². The van der Waals surface area contributed by atoms with Gasteiger partial charge in [0.2, 0.25) is 0 Å². The van der Waals surface area contributed by atoms with E-state index in [1.54, 1.807) is 12.2 Å². The zero-order valence-corrected chi connectivity index (χ0v) is 15.9. The van der Waals surface area contributed by atoms with Crippen molar-refractivity contribution in [3.05, 3.63) is 77.5 Å². The van der Waals surface area contributed by atoms with Crippen molar-refractivity contribution in [3.8, 4) is 0 Å². The van der Waals surface area contributed by atoms with E-state index >= 15 is 0 Å². The topological polar surface area (TPSA) is 15.3 Å². The number of nitrogens with one attached hydrogen (secondary N) is 1. The molecule has 0 spiro atoms. The summed E-state index contributed by atoms with van der Waals surface area (Å²) in [5, 5.41) is 3.31. The Labute approximate surface area is 159 Å². The van der Waals surface area contributed by atoms with Crippen LogP contribution in [0.1, 0.15) is 30.4 Å². The summed E-state index contributed by atoms with van der Waals surface area (Å²) in [6.45, 7) is 4.74. The molecule has 1 aromatic carbocycles. The largest absolute Gasteiger partial charge is 0.416 e. The SMILES string of the molecule is C=C(/C=C/c1ccc(C(F)(F)F)cc1)NCC(CC1=CC=CCC1)N(C)C. The third kappa shape index (κ3) is 7.10. The van der Waals surface area contributed by atoms with Crippen molar-refractivity contribution in [3.63, 3.8) is 0 Å². The maximum absolute atomic E-state index is 12.6. The Balaban J connectivity index is 1.87. The van der Waals surface area contributed by atoms with Crippen molar-refractivity contribution in [1.82, 2.24) is 10.2 Å². The number of likely N-dealkylation sites (N-methyl/N-ethyl adjacent to an activating group) is 1. The summed E-state index contributed by atoms with van der Waals surface area (Å²) >= 11 is 0. The van der Waals surface area contributed by atoms with Gasteiger partial charge < -0.3 is 10.2 Å². The van der Waals surface area contributed by atoms with Crippen molar-refractivity contribution in [1.29, 1.82) is 0 Å². The minimum atomic E-state index is -4.31. The first-order valence-electron chi connectivity index (χ1n) is 9.05. The molecule has 5 heteroatoms. The number of rotatable bonds is 8. The minimum absolute atomic E-state index is 0.346. The molecule has 2 rings (SSSR count). The second kappa shape index (κ2) is 9.60. The van der Waals surface area contributed by atoms with Gasteiger partial charge >= 0.3 is 6.18 Å². The van der Waals surface area contributed by atoms with Gasteiger partial charge in [-0.3, -0.25) is 0 Å². The number of benzene rings is 1. The van der Waals surface area contributed by atoms with Crippen molar-refractivity contribution >= 4 is 6.08 Å². The molecule has 1 atom stereocenters. The third-order valence-electron chi connectivity index (χ3n) is 4.61. The van der Waals surface area contributed by atoms with Gasteiger partial charge in [-0.05, 0) is 57.1 Å². The van der Waals surface area contributed by atoms with Crippen molar-refractivity contribution in [2.75, 3.05) is 20.6 Å². The predicted octanol–water partition coefficient (Wildman–Crippen LogP) is 5.42. The van der Waals surface area contributed by atoms with E-state index in [4.69, 9.17) is 0 Å². The average molecular weight is 376 g/mol. The molecule has 0 saturated carbocycles. The van der Waals surface area contributed by atoms with Crippen LogP contribution < -0.4 is 5.32 Å². The Bertz CT molecular complexity index is 710. The van der Waals surface area contributed by atoms with E-state index in [-0.39, 0.29) is 0 Å². The van der Waals surface area contributed by atoms with E-state index in [1.807, 2.05) is 0 Å². The molecule has 0 amide bonds. The average Bonchev–Trinajstić information content (AvgIpc) is 2.63. The summed E-state index contributed by atoms with van der Waals surface area (Å²) < 4.78 is 37.8. The number of alkyl halides is 3. The molecule has 0 fully saturated rings. The third-order valence-corrected chi connectivity index (χ3v) is 4.61. The van der Waals surface area contributed by atoms with E-state index in [0.29, 0.717) is 11.6 Å². The summed E-state index contributed by atoms with van der Waals surface area (Å²) in [7, 11) is 4.12. The smallest absolute Gasteiger partial charge is 0.384 e. The van der Waals surface area contributed by atoms with E-state index in [0.717, 1.165) is 43.6 Å². The molecule has 1 unspecified atom stereocenters. The maximum Gasteiger partial charge on any atom is 0.416 e. The van der Waals surface area contributed by atoms with E-state index in [2.05, 4.69) is 49.1 Å². The van der Waals surface area contributed by atoms with E-state index < -0.39 is 11.7 Å². The zero-order valence-electron chi connectivity index (χ0n) is 15.9. The van der Waals surface area contributed by atoms with Crippen LogP contribution in [0.25, 0.3) is 6.08 Å². The maximum atomic E-state index is 12.6. The van der Waals surface area contributed by atoms with Gasteiger partial charge in [0.05, 0.1) is 5.56 Å². The number of halogens is 3. The van der Waals surface area contributed by atoms with Gasteiger partial charge in [-0.25, -0.2) is 0 Å². The number of nitrogens with zero attached hydrogens (tertiary/aromatic N) is 1. The van der Waals surface area contributed by atoms with Gasteiger partial charge in [0.1, 0.15) is 0 Å². The lowest BCUT2D eigenvalue weighted by molar-refractivity contribution is -0.137. The van der Waals surface area contributed by atoms with Crippen LogP contribution in [-0.2, 0) is 6.18 Å². The van der Waals surface area contributed by atoms with Gasteiger partial charge in [0, 0.05) is 18.3 Å². The highest BCUT2D eigenvalue weighted by Gasteiger charge is 2.29. The molecule has 0 aliphatic heterocycles. The number of allylic oxidation sites excluding steroid dienone is 4. The Morgan fingerprint density at radius 1 is 1.26 bits per heavy atom. The monoisotopic (exact) mass is 376 g/mol. The van der Waals surface area contributed by atoms with Gasteiger partial charge in [0.25, 0.3) is 0 Å². The number of hydrogen-bond acceptors (Lipinski definition) is 2. The molecule has 146 valence electrons. The molecule has 2 nitrogen and oxygen atoms in total. The van der Waals surface area contributed by atoms with Crippen LogP contribution in [0.2, 0.25) is 0 Å². The summed E-state index contributed by atoms with van der Waals surface area (Å²) in [6, 6.07) is 5.43. The van der Waals surface area contributed by atoms with Crippen molar-refractivity contribution in [2.45, 2.75) is 31.5 Å². The first-order valence-corrected chi connectivity index (χ1v) is 9.05. The molecule has 0 bridgehead atoms. The molecule has 1 aliphatic rings. The fourth-order valence-corrected chi connectivity index (χ4v) is 2.85. The molecular weight excluding hydrogens is 349 g/mol. The quantitative estimate of drug-likeness (QED) is 0.610. The molecule has 0 saturated heterocycles. The fraction of sp³-hybridized carbons (Fsp3) is 0.364. The van der Waals surface area contributed by atoms with Crippen LogP contribution in [0.5, 0.6) is 0 Å². The Hall–Kier alpha value is -2.27. The van der Waals surface area contributed by atoms with Crippen LogP contribution in [0, 0.1) is 0 Å². The lowest BCUT2D eigenvalue weighted by atomic mass is 9.97. The molecule has 0 radical (unpaired) electrons. The Kier molecular flexibility index (Phi) is 7.48. The second-order valence-electron chi connectivity index (χ2n) is 6.97. The zero-order chi connectivity index (χ0) is 19.9. The van der Waals surface area contributed by atoms with Crippen LogP contribution >= 0.6 is 0 Å². The molecule has 0 aromatic heterocycles. The summed E-state index contributed by atoms with van der Waals surface area (Å²) in [6.07, 6.45) is 8.94. The Morgan fingerprint density at radius 3 is 2.52 bits per heavy atom. The standard InChI is InChI=1S/C22H27F3N2/c1-17(9-10-18-11-13-20(14-12-18)22(23,24)25)26-16-21(27(2)3)15-19-7-5-4-6-8-19/h4-5,7,9-14,21,26H,1,6,8,15-16H2,2-3H3/b10-9+. The summed E-state index contributed by atoms with van der Waals surface area (Å²) in [4.78, 5) is 2.19. The highest BCUT2D eigenvalue weighted by Crippen LogP contribution is 2.29. The lowest BCUT2D eigenvalue weighted by Crippen LogP contribution is -2.37. The molecule has 27 heavy (non-hydrogen) atoms. The second-order valence-corrected chi connectivity index (χ2v) is 6.97. The minimum Gasteiger partial charge on any atom is -0.384 e. The molecule has 1 aliphatic carbocycles. The molecule has 1 N–H and O–H groups in total. The van der Waals surface area contributed by atoms with Gasteiger partial charge in [-0.2, -0.15) is 13.2 Å². The molecule has 1 aromatic rings. The highest BCUT2D eigenvalue weighted by atomic mass is 19.4. The van der Waals surface area contributed by atoms with E-state index in [9.17, 15) is 13.2 Å². The van der Waals surface area contributed by atoms with Crippen LogP contribution in [0.4, 0.5) is 13.2 Å². The lowest BCUT2D eigenvalue weighted by Gasteiger charge is -2.26. The van der Waals surface area contributed by atoms with Gasteiger partial charge in [-0.15, -0.1) is 0 Å².